The van der Waals surface area contributed by atoms with Gasteiger partial charge in [-0.3, -0.25) is 0 Å². The number of halogens is 2. The highest BCUT2D eigenvalue weighted by molar-refractivity contribution is 6.33. The van der Waals surface area contributed by atoms with Gasteiger partial charge in [0.05, 0.1) is 10.6 Å². The monoisotopic (exact) mass is 286 g/mol. The van der Waals surface area contributed by atoms with E-state index >= 15 is 0 Å². The fraction of sp³-hybridized carbons (Fsp3) is 0.500. The van der Waals surface area contributed by atoms with Crippen molar-refractivity contribution in [1.29, 1.82) is 0 Å². The number of hydrogen-bond acceptors (Lipinski definition) is 1. The van der Waals surface area contributed by atoms with Crippen molar-refractivity contribution in [2.75, 3.05) is 0 Å². The van der Waals surface area contributed by atoms with Crippen LogP contribution in [0.3, 0.4) is 0 Å². The maximum Gasteiger partial charge on any atom is 0.337 e. The predicted octanol–water partition coefficient (Wildman–Crippen LogP) is 4.38. The third-order valence-electron chi connectivity index (χ3n) is 3.58. The topological polar surface area (TPSA) is 37.3 Å². The average molecular weight is 287 g/mol. The van der Waals surface area contributed by atoms with E-state index in [0.29, 0.717) is 16.3 Å². The molecule has 1 fully saturated rings. The standard InChI is InChI=1S/C14H16Cl2O2/c15-11-5-3-9(7-11)1-2-10-4-6-12(14(17)18)13(16)8-10/h4,6,8-9,11H,1-3,5,7H2,(H,17,18)/t9-,11?/m0/s1. The molecule has 0 spiro atoms. The fourth-order valence-electron chi connectivity index (χ4n) is 2.53. The Hall–Kier alpha value is -0.730. The van der Waals surface area contributed by atoms with Crippen molar-refractivity contribution < 1.29 is 9.90 Å². The second-order valence-corrected chi connectivity index (χ2v) is 5.96. The Morgan fingerprint density at radius 3 is 2.72 bits per heavy atom. The Balaban J connectivity index is 1.94. The summed E-state index contributed by atoms with van der Waals surface area (Å²) in [6.07, 6.45) is 5.46. The van der Waals surface area contributed by atoms with E-state index in [1.54, 1.807) is 12.1 Å². The smallest absolute Gasteiger partial charge is 0.337 e. The van der Waals surface area contributed by atoms with Crippen LogP contribution in [-0.2, 0) is 6.42 Å². The van der Waals surface area contributed by atoms with E-state index in [-0.39, 0.29) is 5.56 Å². The van der Waals surface area contributed by atoms with Crippen LogP contribution in [0.15, 0.2) is 18.2 Å². The van der Waals surface area contributed by atoms with E-state index in [1.165, 1.54) is 6.42 Å². The molecule has 1 aliphatic carbocycles. The highest BCUT2D eigenvalue weighted by Gasteiger charge is 2.22. The lowest BCUT2D eigenvalue weighted by atomic mass is 9.98. The first-order chi connectivity index (χ1) is 8.56. The van der Waals surface area contributed by atoms with Crippen LogP contribution in [0.25, 0.3) is 0 Å². The molecule has 18 heavy (non-hydrogen) atoms. The molecular formula is C14H16Cl2O2. The van der Waals surface area contributed by atoms with Crippen molar-refractivity contribution in [3.8, 4) is 0 Å². The Kier molecular flexibility index (Phi) is 4.52. The van der Waals surface area contributed by atoms with Gasteiger partial charge in [0.2, 0.25) is 0 Å². The summed E-state index contributed by atoms with van der Waals surface area (Å²) in [7, 11) is 0. The van der Waals surface area contributed by atoms with Crippen LogP contribution in [0, 0.1) is 5.92 Å². The molecule has 0 aliphatic heterocycles. The molecule has 0 aromatic heterocycles. The van der Waals surface area contributed by atoms with Gasteiger partial charge in [-0.25, -0.2) is 4.79 Å². The maximum absolute atomic E-state index is 10.8. The quantitative estimate of drug-likeness (QED) is 0.834. The Morgan fingerprint density at radius 1 is 1.39 bits per heavy atom. The summed E-state index contributed by atoms with van der Waals surface area (Å²) in [4.78, 5) is 10.8. The highest BCUT2D eigenvalue weighted by Crippen LogP contribution is 2.32. The predicted molar refractivity (Wildman–Crippen MR) is 73.7 cm³/mol. The lowest BCUT2D eigenvalue weighted by molar-refractivity contribution is 0.0697. The molecule has 1 aliphatic rings. The minimum Gasteiger partial charge on any atom is -0.478 e. The molecule has 2 atom stereocenters. The number of aryl methyl sites for hydroxylation is 1. The third-order valence-corrected chi connectivity index (χ3v) is 4.29. The van der Waals surface area contributed by atoms with Gasteiger partial charge in [0.1, 0.15) is 0 Å². The molecular weight excluding hydrogens is 271 g/mol. The zero-order chi connectivity index (χ0) is 13.1. The van der Waals surface area contributed by atoms with Crippen LogP contribution in [0.1, 0.15) is 41.6 Å². The van der Waals surface area contributed by atoms with Crippen LogP contribution in [0.2, 0.25) is 5.02 Å². The van der Waals surface area contributed by atoms with Crippen LogP contribution in [0.4, 0.5) is 0 Å². The Labute approximate surface area is 117 Å². The molecule has 1 aromatic rings. The summed E-state index contributed by atoms with van der Waals surface area (Å²) in [5, 5.41) is 9.55. The number of benzene rings is 1. The highest BCUT2D eigenvalue weighted by atomic mass is 35.5. The molecule has 2 rings (SSSR count). The minimum atomic E-state index is -0.979. The van der Waals surface area contributed by atoms with E-state index < -0.39 is 5.97 Å². The summed E-state index contributed by atoms with van der Waals surface area (Å²) < 4.78 is 0. The van der Waals surface area contributed by atoms with E-state index in [9.17, 15) is 4.79 Å². The van der Waals surface area contributed by atoms with Gasteiger partial charge in [0.15, 0.2) is 0 Å². The molecule has 1 unspecified atom stereocenters. The molecule has 0 bridgehead atoms. The van der Waals surface area contributed by atoms with Crippen LogP contribution < -0.4 is 0 Å². The molecule has 0 amide bonds. The summed E-state index contributed by atoms with van der Waals surface area (Å²) in [5.41, 5.74) is 1.27. The number of aromatic carboxylic acids is 1. The summed E-state index contributed by atoms with van der Waals surface area (Å²) in [6.45, 7) is 0. The molecule has 0 saturated heterocycles. The molecule has 0 radical (unpaired) electrons. The van der Waals surface area contributed by atoms with Crippen molar-refractivity contribution in [3.63, 3.8) is 0 Å². The van der Waals surface area contributed by atoms with Gasteiger partial charge < -0.3 is 5.11 Å². The lowest BCUT2D eigenvalue weighted by Gasteiger charge is -2.09. The molecule has 1 saturated carbocycles. The van der Waals surface area contributed by atoms with E-state index in [0.717, 1.165) is 31.2 Å². The van der Waals surface area contributed by atoms with Crippen molar-refractivity contribution in [2.24, 2.45) is 5.92 Å². The van der Waals surface area contributed by atoms with Gasteiger partial charge in [0, 0.05) is 5.38 Å². The number of hydrogen-bond donors (Lipinski definition) is 1. The number of carboxylic acid groups (broad SMARTS) is 1. The third kappa shape index (κ3) is 3.39. The number of carboxylic acids is 1. The Morgan fingerprint density at radius 2 is 2.17 bits per heavy atom. The molecule has 98 valence electrons. The van der Waals surface area contributed by atoms with Gasteiger partial charge in [0.25, 0.3) is 0 Å². The van der Waals surface area contributed by atoms with Crippen molar-refractivity contribution in [1.82, 2.24) is 0 Å². The van der Waals surface area contributed by atoms with Gasteiger partial charge in [-0.05, 0) is 55.7 Å². The zero-order valence-electron chi connectivity index (χ0n) is 10.0. The minimum absolute atomic E-state index is 0.169. The first kappa shape index (κ1) is 13.7. The SMILES string of the molecule is O=C(O)c1ccc(CC[C@H]2CCC(Cl)C2)cc1Cl. The van der Waals surface area contributed by atoms with Gasteiger partial charge in [-0.15, -0.1) is 11.6 Å². The van der Waals surface area contributed by atoms with Crippen LogP contribution >= 0.6 is 23.2 Å². The maximum atomic E-state index is 10.8. The fourth-order valence-corrected chi connectivity index (χ4v) is 3.20. The first-order valence-corrected chi connectivity index (χ1v) is 7.03. The number of carbonyl (C=O) groups is 1. The zero-order valence-corrected chi connectivity index (χ0v) is 11.5. The largest absolute Gasteiger partial charge is 0.478 e. The first-order valence-electron chi connectivity index (χ1n) is 6.22. The second kappa shape index (κ2) is 5.94. The van der Waals surface area contributed by atoms with Crippen molar-refractivity contribution >= 4 is 29.2 Å². The van der Waals surface area contributed by atoms with E-state index in [1.807, 2.05) is 6.07 Å². The molecule has 2 nitrogen and oxygen atoms in total. The van der Waals surface area contributed by atoms with E-state index in [2.05, 4.69) is 0 Å². The molecule has 1 N–H and O–H groups in total. The average Bonchev–Trinajstić information content (AvgIpc) is 2.72. The summed E-state index contributed by atoms with van der Waals surface area (Å²) >= 11 is 12.0. The molecule has 0 heterocycles. The summed E-state index contributed by atoms with van der Waals surface area (Å²) in [5.74, 6) is -0.280. The molecule has 1 aromatic carbocycles. The number of alkyl halides is 1. The van der Waals surface area contributed by atoms with Gasteiger partial charge >= 0.3 is 5.97 Å². The van der Waals surface area contributed by atoms with Crippen molar-refractivity contribution in [2.45, 2.75) is 37.5 Å². The van der Waals surface area contributed by atoms with Gasteiger partial charge in [-0.2, -0.15) is 0 Å². The Bertz CT molecular complexity index is 445. The lowest BCUT2D eigenvalue weighted by Crippen LogP contribution is -2.00. The normalized spacial score (nSPS) is 23.2. The number of rotatable bonds is 4. The van der Waals surface area contributed by atoms with Gasteiger partial charge in [-0.1, -0.05) is 17.7 Å². The summed E-state index contributed by atoms with van der Waals surface area (Å²) in [6, 6.07) is 5.19. The van der Waals surface area contributed by atoms with Crippen molar-refractivity contribution in [3.05, 3.63) is 34.3 Å². The molecule has 4 heteroatoms. The van der Waals surface area contributed by atoms with Crippen LogP contribution in [0.5, 0.6) is 0 Å². The second-order valence-electron chi connectivity index (χ2n) is 4.93. The van der Waals surface area contributed by atoms with E-state index in [4.69, 9.17) is 28.3 Å². The van der Waals surface area contributed by atoms with Crippen LogP contribution in [-0.4, -0.2) is 16.5 Å².